The minimum atomic E-state index is 0.784. The van der Waals surface area contributed by atoms with Crippen molar-refractivity contribution in [2.75, 3.05) is 13.1 Å². The third-order valence-electron chi connectivity index (χ3n) is 2.15. The van der Waals surface area contributed by atoms with Crippen LogP contribution in [0.15, 0.2) is 0 Å². The molecule has 0 spiro atoms. The first-order valence-corrected chi connectivity index (χ1v) is 5.37. The van der Waals surface area contributed by atoms with Crippen molar-refractivity contribution in [2.24, 2.45) is 11.8 Å². The minimum Gasteiger partial charge on any atom is -0.316 e. The van der Waals surface area contributed by atoms with Crippen LogP contribution < -0.4 is 5.32 Å². The average molecular weight is 171 g/mol. The maximum absolute atomic E-state index is 3.47. The molecule has 0 heterocycles. The van der Waals surface area contributed by atoms with Crippen LogP contribution in [0, 0.1) is 11.8 Å². The second-order valence-electron chi connectivity index (χ2n) is 4.28. The summed E-state index contributed by atoms with van der Waals surface area (Å²) in [4.78, 5) is 0. The molecule has 12 heavy (non-hydrogen) atoms. The Kier molecular flexibility index (Phi) is 7.58. The predicted octanol–water partition coefficient (Wildman–Crippen LogP) is 3.06. The Balaban J connectivity index is 3.08. The van der Waals surface area contributed by atoms with Gasteiger partial charge in [0.15, 0.2) is 0 Å². The molecule has 1 N–H and O–H groups in total. The van der Waals surface area contributed by atoms with E-state index in [0.717, 1.165) is 11.8 Å². The maximum Gasteiger partial charge on any atom is -0.00258 e. The molecule has 1 unspecified atom stereocenters. The summed E-state index contributed by atoms with van der Waals surface area (Å²) >= 11 is 0. The van der Waals surface area contributed by atoms with Gasteiger partial charge in [0.25, 0.3) is 0 Å². The lowest BCUT2D eigenvalue weighted by atomic mass is 10.0. The van der Waals surface area contributed by atoms with Crippen LogP contribution in [0.1, 0.15) is 47.0 Å². The van der Waals surface area contributed by atoms with Crippen molar-refractivity contribution in [3.63, 3.8) is 0 Å². The Morgan fingerprint density at radius 3 is 2.25 bits per heavy atom. The highest BCUT2D eigenvalue weighted by molar-refractivity contribution is 4.56. The van der Waals surface area contributed by atoms with Gasteiger partial charge in [0, 0.05) is 0 Å². The van der Waals surface area contributed by atoms with Crippen LogP contribution >= 0.6 is 0 Å². The molecule has 0 saturated carbocycles. The summed E-state index contributed by atoms with van der Waals surface area (Å²) in [5.74, 6) is 1.68. The molecular weight excluding hydrogens is 146 g/mol. The van der Waals surface area contributed by atoms with Crippen LogP contribution in [-0.2, 0) is 0 Å². The van der Waals surface area contributed by atoms with Gasteiger partial charge in [0.1, 0.15) is 0 Å². The zero-order valence-corrected chi connectivity index (χ0v) is 9.19. The van der Waals surface area contributed by atoms with E-state index >= 15 is 0 Å². The maximum atomic E-state index is 3.47. The first-order chi connectivity index (χ1) is 5.66. The van der Waals surface area contributed by atoms with Gasteiger partial charge in [-0.15, -0.1) is 0 Å². The summed E-state index contributed by atoms with van der Waals surface area (Å²) < 4.78 is 0. The zero-order chi connectivity index (χ0) is 9.40. The van der Waals surface area contributed by atoms with Gasteiger partial charge in [-0.3, -0.25) is 0 Å². The highest BCUT2D eigenvalue weighted by atomic mass is 14.8. The molecule has 0 bridgehead atoms. The molecule has 0 aliphatic carbocycles. The largest absolute Gasteiger partial charge is 0.316 e. The standard InChI is InChI=1S/C11H25N/c1-5-6-11(4)7-8-12-9-10(2)3/h10-12H,5-9H2,1-4H3. The fraction of sp³-hybridized carbons (Fsp3) is 1.00. The third-order valence-corrected chi connectivity index (χ3v) is 2.15. The number of rotatable bonds is 7. The summed E-state index contributed by atoms with van der Waals surface area (Å²) in [6.45, 7) is 11.5. The number of hydrogen-bond donors (Lipinski definition) is 1. The number of nitrogens with one attached hydrogen (secondary N) is 1. The van der Waals surface area contributed by atoms with E-state index in [1.165, 1.54) is 32.4 Å². The van der Waals surface area contributed by atoms with Gasteiger partial charge >= 0.3 is 0 Å². The minimum absolute atomic E-state index is 0.784. The van der Waals surface area contributed by atoms with Crippen LogP contribution in [0.5, 0.6) is 0 Å². The van der Waals surface area contributed by atoms with E-state index in [1.54, 1.807) is 0 Å². The number of hydrogen-bond acceptors (Lipinski definition) is 1. The van der Waals surface area contributed by atoms with E-state index < -0.39 is 0 Å². The van der Waals surface area contributed by atoms with Crippen molar-refractivity contribution >= 4 is 0 Å². The lowest BCUT2D eigenvalue weighted by Gasteiger charge is -2.11. The van der Waals surface area contributed by atoms with E-state index in [-0.39, 0.29) is 0 Å². The molecule has 1 atom stereocenters. The quantitative estimate of drug-likeness (QED) is 0.580. The molecule has 0 radical (unpaired) electrons. The molecule has 0 aromatic rings. The smallest absolute Gasteiger partial charge is 0.00258 e. The zero-order valence-electron chi connectivity index (χ0n) is 9.19. The molecule has 1 nitrogen and oxygen atoms in total. The lowest BCUT2D eigenvalue weighted by molar-refractivity contribution is 0.450. The topological polar surface area (TPSA) is 12.0 Å². The normalized spacial score (nSPS) is 13.8. The van der Waals surface area contributed by atoms with E-state index in [2.05, 4.69) is 33.0 Å². The summed E-state index contributed by atoms with van der Waals surface area (Å²) in [7, 11) is 0. The van der Waals surface area contributed by atoms with Crippen molar-refractivity contribution in [1.82, 2.24) is 5.32 Å². The molecule has 0 aliphatic rings. The molecule has 0 aliphatic heterocycles. The first kappa shape index (κ1) is 12.0. The van der Waals surface area contributed by atoms with Crippen LogP contribution in [0.2, 0.25) is 0 Å². The molecule has 74 valence electrons. The van der Waals surface area contributed by atoms with Crippen LogP contribution in [0.3, 0.4) is 0 Å². The molecule has 0 aromatic carbocycles. The van der Waals surface area contributed by atoms with Gasteiger partial charge in [-0.1, -0.05) is 40.5 Å². The molecule has 0 rings (SSSR count). The Morgan fingerprint density at radius 2 is 1.75 bits per heavy atom. The van der Waals surface area contributed by atoms with Crippen LogP contribution in [-0.4, -0.2) is 13.1 Å². The van der Waals surface area contributed by atoms with E-state index in [1.807, 2.05) is 0 Å². The van der Waals surface area contributed by atoms with Gasteiger partial charge in [-0.25, -0.2) is 0 Å². The van der Waals surface area contributed by atoms with Crippen molar-refractivity contribution < 1.29 is 0 Å². The van der Waals surface area contributed by atoms with Crippen molar-refractivity contribution in [3.05, 3.63) is 0 Å². The highest BCUT2D eigenvalue weighted by Crippen LogP contribution is 2.08. The summed E-state index contributed by atoms with van der Waals surface area (Å²) in [5.41, 5.74) is 0. The third kappa shape index (κ3) is 8.06. The van der Waals surface area contributed by atoms with Crippen molar-refractivity contribution in [2.45, 2.75) is 47.0 Å². The fourth-order valence-corrected chi connectivity index (χ4v) is 1.38. The molecular formula is C11H25N. The van der Waals surface area contributed by atoms with Gasteiger partial charge < -0.3 is 5.32 Å². The Labute approximate surface area is 77.9 Å². The second kappa shape index (κ2) is 7.60. The summed E-state index contributed by atoms with van der Waals surface area (Å²) in [6.07, 6.45) is 4.04. The van der Waals surface area contributed by atoms with Crippen LogP contribution in [0.25, 0.3) is 0 Å². The van der Waals surface area contributed by atoms with E-state index in [0.29, 0.717) is 0 Å². The Bertz CT molecular complexity index is 89.0. The second-order valence-corrected chi connectivity index (χ2v) is 4.28. The Hall–Kier alpha value is -0.0400. The SMILES string of the molecule is CCCC(C)CCNCC(C)C. The fourth-order valence-electron chi connectivity index (χ4n) is 1.38. The molecule has 0 saturated heterocycles. The summed E-state index contributed by atoms with van der Waals surface area (Å²) in [5, 5.41) is 3.47. The highest BCUT2D eigenvalue weighted by Gasteiger charge is 1.99. The van der Waals surface area contributed by atoms with Crippen molar-refractivity contribution in [3.8, 4) is 0 Å². The van der Waals surface area contributed by atoms with E-state index in [9.17, 15) is 0 Å². The molecule has 1 heteroatoms. The average Bonchev–Trinajstić information content (AvgIpc) is 1.98. The van der Waals surface area contributed by atoms with Gasteiger partial charge in [-0.2, -0.15) is 0 Å². The van der Waals surface area contributed by atoms with Gasteiger partial charge in [0.2, 0.25) is 0 Å². The van der Waals surface area contributed by atoms with Crippen molar-refractivity contribution in [1.29, 1.82) is 0 Å². The molecule has 0 amide bonds. The Morgan fingerprint density at radius 1 is 1.08 bits per heavy atom. The predicted molar refractivity (Wildman–Crippen MR) is 56.4 cm³/mol. The van der Waals surface area contributed by atoms with Gasteiger partial charge in [-0.05, 0) is 31.3 Å². The molecule has 0 fully saturated rings. The molecule has 0 aromatic heterocycles. The first-order valence-electron chi connectivity index (χ1n) is 5.37. The van der Waals surface area contributed by atoms with Gasteiger partial charge in [0.05, 0.1) is 0 Å². The van der Waals surface area contributed by atoms with E-state index in [4.69, 9.17) is 0 Å². The summed E-state index contributed by atoms with van der Waals surface area (Å²) in [6, 6.07) is 0. The lowest BCUT2D eigenvalue weighted by Crippen LogP contribution is -2.22. The van der Waals surface area contributed by atoms with Crippen LogP contribution in [0.4, 0.5) is 0 Å². The monoisotopic (exact) mass is 171 g/mol.